The zero-order valence-electron chi connectivity index (χ0n) is 4.92. The van der Waals surface area contributed by atoms with E-state index in [1.54, 1.807) is 0 Å². The average Bonchev–Trinajstić information content (AvgIpc) is 2.53. The average molecular weight is 130 g/mol. The van der Waals surface area contributed by atoms with E-state index in [0.29, 0.717) is 5.92 Å². The Morgan fingerprint density at radius 3 is 2.80 bits per heavy atom. The van der Waals surface area contributed by atoms with Gasteiger partial charge in [0.05, 0.1) is 17.3 Å². The lowest BCUT2D eigenvalue weighted by molar-refractivity contribution is 0.931. The summed E-state index contributed by atoms with van der Waals surface area (Å²) in [5, 5.41) is 15.0. The fourth-order valence-electron chi connectivity index (χ4n) is 1.81. The van der Waals surface area contributed by atoms with Crippen LogP contribution < -0.4 is 0 Å². The molecule has 10 heavy (non-hydrogen) atoms. The predicted octanol–water partition coefficient (Wildman–Crippen LogP) is 0.160. The van der Waals surface area contributed by atoms with Gasteiger partial charge in [0.15, 0.2) is 0 Å². The van der Waals surface area contributed by atoms with Crippen LogP contribution in [-0.4, -0.2) is 20.4 Å². The Morgan fingerprint density at radius 1 is 1.20 bits per heavy atom. The van der Waals surface area contributed by atoms with Crippen molar-refractivity contribution in [3.8, 4) is 0 Å². The fraction of sp³-hybridized carbons (Fsp3) is 0.167. The van der Waals surface area contributed by atoms with Gasteiger partial charge in [0.25, 0.3) is 0 Å². The first kappa shape index (κ1) is 3.65. The highest BCUT2D eigenvalue weighted by molar-refractivity contribution is 5.95. The molecule has 0 amide bonds. The van der Waals surface area contributed by atoms with Gasteiger partial charge in [-0.25, -0.2) is 0 Å². The van der Waals surface area contributed by atoms with Gasteiger partial charge < -0.3 is 0 Å². The Bertz CT molecular complexity index is 460. The van der Waals surface area contributed by atoms with Crippen LogP contribution in [-0.2, 0) is 0 Å². The van der Waals surface area contributed by atoms with E-state index in [-0.39, 0.29) is 0 Å². The Kier molecular flexibility index (Phi) is 0.280. The van der Waals surface area contributed by atoms with E-state index in [9.17, 15) is 0 Å². The normalized spacial score (nSPS) is 23.0. The molecule has 0 aromatic carbocycles. The zero-order valence-corrected chi connectivity index (χ0v) is 4.92. The quantitative estimate of drug-likeness (QED) is 0.369. The maximum Gasteiger partial charge on any atom is 0.135 e. The molecule has 1 aliphatic heterocycles. The van der Waals surface area contributed by atoms with Crippen LogP contribution >= 0.6 is 0 Å². The number of fused-ring (bicyclic) bond motifs is 1. The van der Waals surface area contributed by atoms with Gasteiger partial charge in [0.1, 0.15) is 11.0 Å². The first-order chi connectivity index (χ1) is 4.97. The van der Waals surface area contributed by atoms with Gasteiger partial charge in [-0.3, -0.25) is 5.10 Å². The molecule has 3 aliphatic rings. The molecule has 0 saturated heterocycles. The Morgan fingerprint density at radius 2 is 2.20 bits per heavy atom. The van der Waals surface area contributed by atoms with Crippen molar-refractivity contribution in [1.82, 2.24) is 20.4 Å². The molecule has 1 atom stereocenters. The molecule has 2 aromatic heterocycles. The van der Waals surface area contributed by atoms with Gasteiger partial charge in [-0.2, -0.15) is 10.2 Å². The van der Waals surface area contributed by atoms with Crippen molar-refractivity contribution >= 4 is 11.0 Å². The molecule has 4 nitrogen and oxygen atoms in total. The van der Waals surface area contributed by atoms with Gasteiger partial charge in [0, 0.05) is 5.56 Å². The second kappa shape index (κ2) is 0.767. The molecule has 0 fully saturated rings. The van der Waals surface area contributed by atoms with Crippen molar-refractivity contribution in [3.05, 3.63) is 17.0 Å². The van der Waals surface area contributed by atoms with E-state index in [0.717, 1.165) is 22.4 Å². The van der Waals surface area contributed by atoms with E-state index < -0.39 is 0 Å². The van der Waals surface area contributed by atoms with Crippen LogP contribution in [0.15, 0.2) is 0 Å². The molecule has 3 heterocycles. The smallest absolute Gasteiger partial charge is 0.135 e. The van der Waals surface area contributed by atoms with Crippen LogP contribution in [0.3, 0.4) is 0 Å². The van der Waals surface area contributed by atoms with Crippen molar-refractivity contribution < 1.29 is 0 Å². The minimum absolute atomic E-state index is 0.486. The minimum Gasteiger partial charge on any atom is -0.279 e. The Hall–Kier alpha value is -1.45. The maximum absolute atomic E-state index is 4.09. The van der Waals surface area contributed by atoms with E-state index in [4.69, 9.17) is 0 Å². The number of hydrogen-bond acceptors (Lipinski definition) is 3. The number of hydrogen-bond donors (Lipinski definition) is 1. The van der Waals surface area contributed by atoms with Crippen molar-refractivity contribution in [3.63, 3.8) is 0 Å². The molecule has 5 rings (SSSR count). The molecule has 46 valence electrons. The molecule has 2 aromatic rings. The van der Waals surface area contributed by atoms with Crippen LogP contribution in [0.4, 0.5) is 0 Å². The number of H-pyrrole nitrogens is 1. The summed E-state index contributed by atoms with van der Waals surface area (Å²) in [7, 11) is 0. The second-order valence-electron chi connectivity index (χ2n) is 2.77. The van der Waals surface area contributed by atoms with Crippen molar-refractivity contribution in [2.24, 2.45) is 0 Å². The molecule has 0 radical (unpaired) electrons. The summed E-state index contributed by atoms with van der Waals surface area (Å²) >= 11 is 0. The highest BCUT2D eigenvalue weighted by atomic mass is 15.2. The van der Waals surface area contributed by atoms with Crippen LogP contribution in [0.5, 0.6) is 0 Å². The summed E-state index contributed by atoms with van der Waals surface area (Å²) in [6, 6.07) is 0. The molecular weight excluding hydrogens is 128 g/mol. The lowest BCUT2D eigenvalue weighted by atomic mass is 10.3. The molecule has 0 spiro atoms. The van der Waals surface area contributed by atoms with E-state index in [1.807, 2.05) is 0 Å². The van der Waals surface area contributed by atoms with E-state index in [1.165, 1.54) is 5.56 Å². The summed E-state index contributed by atoms with van der Waals surface area (Å²) in [5.74, 6) is 0.486. The highest BCUT2D eigenvalue weighted by Crippen LogP contribution is 2.55. The predicted molar refractivity (Wildman–Crippen MR) is 32.6 cm³/mol. The van der Waals surface area contributed by atoms with Crippen LogP contribution in [0.1, 0.15) is 22.9 Å². The summed E-state index contributed by atoms with van der Waals surface area (Å²) in [5.41, 5.74) is 5.64. The molecule has 1 unspecified atom stereocenters. The zero-order chi connectivity index (χ0) is 6.29. The van der Waals surface area contributed by atoms with Crippen molar-refractivity contribution in [1.29, 1.82) is 0 Å². The maximum atomic E-state index is 4.09. The summed E-state index contributed by atoms with van der Waals surface area (Å²) in [6.45, 7) is 0. The summed E-state index contributed by atoms with van der Waals surface area (Å²) < 4.78 is 0. The monoisotopic (exact) mass is 130 g/mol. The Balaban J connectivity index is 2.61. The van der Waals surface area contributed by atoms with Gasteiger partial charge in [0.2, 0.25) is 0 Å². The fourth-order valence-corrected chi connectivity index (χ4v) is 1.81. The van der Waals surface area contributed by atoms with Gasteiger partial charge in [-0.15, -0.1) is 5.10 Å². The van der Waals surface area contributed by atoms with Crippen LogP contribution in [0.25, 0.3) is 11.0 Å². The van der Waals surface area contributed by atoms with Crippen molar-refractivity contribution in [2.75, 3.05) is 0 Å². The topological polar surface area (TPSA) is 54.5 Å². The largest absolute Gasteiger partial charge is 0.279 e. The van der Waals surface area contributed by atoms with Crippen molar-refractivity contribution in [2.45, 2.75) is 5.92 Å². The highest BCUT2D eigenvalue weighted by Gasteiger charge is 2.49. The molecule has 6 bridgehead atoms. The number of nitrogens with zero attached hydrogens (tertiary/aromatic N) is 3. The third kappa shape index (κ3) is 0.169. The standard InChI is InChI=1S/C6H2N4/c7-3-1-2(3)5-6(10-7)4(1)8-9-5/h1H,(H,8,9). The van der Waals surface area contributed by atoms with E-state index in [2.05, 4.69) is 20.4 Å². The third-order valence-electron chi connectivity index (χ3n) is 2.32. The third-order valence-corrected chi connectivity index (χ3v) is 2.32. The van der Waals surface area contributed by atoms with Crippen LogP contribution in [0, 0.1) is 0 Å². The van der Waals surface area contributed by atoms with Gasteiger partial charge in [-0.05, 0) is 0 Å². The molecule has 1 N–H and O–H groups in total. The Labute approximate surface area is 55.3 Å². The number of aromatic amines is 1. The molecule has 2 aliphatic carbocycles. The van der Waals surface area contributed by atoms with Gasteiger partial charge in [-0.1, -0.05) is 0 Å². The number of rotatable bonds is 0. The number of nitrogens with one attached hydrogen (secondary N) is 1. The lowest BCUT2D eigenvalue weighted by Gasteiger charge is -1.89. The first-order valence-electron chi connectivity index (χ1n) is 3.21. The van der Waals surface area contributed by atoms with E-state index >= 15 is 0 Å². The lowest BCUT2D eigenvalue weighted by Crippen LogP contribution is -1.89. The first-order valence-corrected chi connectivity index (χ1v) is 3.21. The SMILES string of the molecule is n1nc2c3[nH]nc2c2c1C32. The van der Waals surface area contributed by atoms with Crippen LogP contribution in [0.2, 0.25) is 0 Å². The summed E-state index contributed by atoms with van der Waals surface area (Å²) in [4.78, 5) is 0. The van der Waals surface area contributed by atoms with Gasteiger partial charge >= 0.3 is 0 Å². The minimum atomic E-state index is 0.486. The molecule has 4 heteroatoms. The molecular formula is C6H2N4. The summed E-state index contributed by atoms with van der Waals surface area (Å²) in [6.07, 6.45) is 0. The second-order valence-corrected chi connectivity index (χ2v) is 2.77. The number of aromatic nitrogens is 4. The molecule has 0 saturated carbocycles.